The van der Waals surface area contributed by atoms with Crippen LogP contribution in [0.4, 0.5) is 9.18 Å². The minimum atomic E-state index is -0.772. The van der Waals surface area contributed by atoms with Gasteiger partial charge in [-0.05, 0) is 46.2 Å². The Morgan fingerprint density at radius 3 is 2.67 bits per heavy atom. The number of ether oxygens (including phenoxy) is 1. The third-order valence-electron chi connectivity index (χ3n) is 2.75. The molecule has 1 aromatic rings. The first-order valence-corrected chi connectivity index (χ1v) is 6.75. The van der Waals surface area contributed by atoms with Crippen LogP contribution in [-0.4, -0.2) is 16.7 Å². The third kappa shape index (κ3) is 5.10. The van der Waals surface area contributed by atoms with E-state index in [9.17, 15) is 14.3 Å². The van der Waals surface area contributed by atoms with Crippen molar-refractivity contribution in [1.82, 2.24) is 5.32 Å². The Labute approximate surface area is 124 Å². The first kappa shape index (κ1) is 17.0. The molecule has 0 aliphatic rings. The summed E-state index contributed by atoms with van der Waals surface area (Å²) in [6, 6.07) is 2.40. The second-order valence-corrected chi connectivity index (χ2v) is 5.92. The topological polar surface area (TPSA) is 58.6 Å². The van der Waals surface area contributed by atoms with E-state index in [1.807, 2.05) is 20.8 Å². The van der Waals surface area contributed by atoms with E-state index < -0.39 is 23.6 Å². The number of carbonyl (C=O) groups is 1. The van der Waals surface area contributed by atoms with Crippen LogP contribution in [0.2, 0.25) is 0 Å². The number of phenolic OH excluding ortho intramolecular Hbond substituents is 1. The maximum Gasteiger partial charge on any atom is 0.408 e. The van der Waals surface area contributed by atoms with Gasteiger partial charge in [0.1, 0.15) is 17.7 Å². The largest absolute Gasteiger partial charge is 0.507 e. The fourth-order valence-electron chi connectivity index (χ4n) is 1.86. The molecular formula is C16H22FNO3. The van der Waals surface area contributed by atoms with E-state index in [1.165, 1.54) is 6.07 Å². The molecule has 0 heterocycles. The number of benzene rings is 1. The van der Waals surface area contributed by atoms with Gasteiger partial charge in [-0.1, -0.05) is 6.08 Å². The third-order valence-corrected chi connectivity index (χ3v) is 2.75. The molecule has 5 heteroatoms. The molecule has 0 spiro atoms. The highest BCUT2D eigenvalue weighted by atomic mass is 19.1. The molecular weight excluding hydrogens is 273 g/mol. The summed E-state index contributed by atoms with van der Waals surface area (Å²) in [7, 11) is 0. The summed E-state index contributed by atoms with van der Waals surface area (Å²) in [5.41, 5.74) is 0.206. The molecule has 1 aromatic carbocycles. The predicted octanol–water partition coefficient (Wildman–Crippen LogP) is 3.85. The lowest BCUT2D eigenvalue weighted by Gasteiger charge is -2.23. The van der Waals surface area contributed by atoms with Gasteiger partial charge in [0.15, 0.2) is 0 Å². The Balaban J connectivity index is 2.94. The van der Waals surface area contributed by atoms with Gasteiger partial charge in [-0.2, -0.15) is 0 Å². The van der Waals surface area contributed by atoms with E-state index in [0.717, 1.165) is 6.07 Å². The van der Waals surface area contributed by atoms with Crippen LogP contribution in [0.25, 0.3) is 0 Å². The molecule has 0 fully saturated rings. The number of amides is 1. The first-order valence-electron chi connectivity index (χ1n) is 6.75. The average molecular weight is 295 g/mol. The molecule has 0 aliphatic carbocycles. The van der Waals surface area contributed by atoms with Crippen molar-refractivity contribution in [3.63, 3.8) is 0 Å². The fourth-order valence-corrected chi connectivity index (χ4v) is 1.86. The van der Waals surface area contributed by atoms with Crippen LogP contribution >= 0.6 is 0 Å². The van der Waals surface area contributed by atoms with Crippen LogP contribution in [-0.2, 0) is 11.2 Å². The Morgan fingerprint density at radius 1 is 1.52 bits per heavy atom. The molecule has 1 rings (SSSR count). The Kier molecular flexibility index (Phi) is 5.35. The van der Waals surface area contributed by atoms with Gasteiger partial charge in [0.05, 0.1) is 0 Å². The van der Waals surface area contributed by atoms with Crippen molar-refractivity contribution in [2.75, 3.05) is 0 Å². The highest BCUT2D eigenvalue weighted by Gasteiger charge is 2.21. The molecule has 0 aliphatic heterocycles. The number of phenols is 1. The summed E-state index contributed by atoms with van der Waals surface area (Å²) in [5.74, 6) is -0.571. The van der Waals surface area contributed by atoms with Crippen molar-refractivity contribution in [1.29, 1.82) is 0 Å². The van der Waals surface area contributed by atoms with E-state index in [0.29, 0.717) is 12.0 Å². The lowest BCUT2D eigenvalue weighted by atomic mass is 10.0. The molecule has 1 atom stereocenters. The number of alkyl carbamates (subject to hydrolysis) is 1. The number of carbonyl (C=O) groups excluding carboxylic acids is 1. The zero-order chi connectivity index (χ0) is 16.2. The highest BCUT2D eigenvalue weighted by Crippen LogP contribution is 2.31. The first-order chi connectivity index (χ1) is 9.64. The predicted molar refractivity (Wildman–Crippen MR) is 79.8 cm³/mol. The van der Waals surface area contributed by atoms with Crippen molar-refractivity contribution in [2.45, 2.75) is 45.8 Å². The number of hydrogen-bond donors (Lipinski definition) is 2. The molecule has 1 unspecified atom stereocenters. The van der Waals surface area contributed by atoms with E-state index in [4.69, 9.17) is 4.74 Å². The molecule has 0 bridgehead atoms. The maximum absolute atomic E-state index is 13.6. The minimum Gasteiger partial charge on any atom is -0.507 e. The molecule has 21 heavy (non-hydrogen) atoms. The second-order valence-electron chi connectivity index (χ2n) is 5.92. The summed E-state index contributed by atoms with van der Waals surface area (Å²) in [5, 5.41) is 12.8. The van der Waals surface area contributed by atoms with Gasteiger partial charge in [-0.3, -0.25) is 0 Å². The minimum absolute atomic E-state index is 0.0765. The summed E-state index contributed by atoms with van der Waals surface area (Å²) in [4.78, 5) is 11.7. The molecule has 0 aromatic heterocycles. The van der Waals surface area contributed by atoms with E-state index >= 15 is 0 Å². The maximum atomic E-state index is 13.6. The summed E-state index contributed by atoms with van der Waals surface area (Å²) < 4.78 is 18.8. The van der Waals surface area contributed by atoms with Gasteiger partial charge in [0, 0.05) is 16.7 Å². The average Bonchev–Trinajstić information content (AvgIpc) is 2.30. The smallest absolute Gasteiger partial charge is 0.408 e. The standard InChI is InChI=1S/C16H22FNO3/c1-6-7-11-8-12(17)9-13(14(11)19)10(2)21-15(20)18-16(3,4)5/h6,8-10,19H,1,7H2,2-5H3,(H,18,20). The van der Waals surface area contributed by atoms with E-state index in [2.05, 4.69) is 11.9 Å². The molecule has 4 nitrogen and oxygen atoms in total. The summed E-state index contributed by atoms with van der Waals surface area (Å²) in [6.45, 7) is 10.6. The van der Waals surface area contributed by atoms with Crippen molar-refractivity contribution in [3.8, 4) is 5.75 Å². The van der Waals surface area contributed by atoms with E-state index in [1.54, 1.807) is 13.0 Å². The molecule has 0 radical (unpaired) electrons. The van der Waals surface area contributed by atoms with Gasteiger partial charge in [0.25, 0.3) is 0 Å². The monoisotopic (exact) mass is 295 g/mol. The lowest BCUT2D eigenvalue weighted by Crippen LogP contribution is -2.41. The molecule has 1 amide bonds. The van der Waals surface area contributed by atoms with Gasteiger partial charge in [0.2, 0.25) is 0 Å². The number of rotatable bonds is 4. The lowest BCUT2D eigenvalue weighted by molar-refractivity contribution is 0.0986. The Hall–Kier alpha value is -2.04. The normalized spacial score (nSPS) is 12.6. The van der Waals surface area contributed by atoms with Gasteiger partial charge in [-0.15, -0.1) is 6.58 Å². The molecule has 116 valence electrons. The molecule has 0 saturated carbocycles. The van der Waals surface area contributed by atoms with Crippen LogP contribution < -0.4 is 5.32 Å². The highest BCUT2D eigenvalue weighted by molar-refractivity contribution is 5.68. The number of allylic oxidation sites excluding steroid dienone is 1. The molecule has 0 saturated heterocycles. The van der Waals surface area contributed by atoms with Gasteiger partial charge < -0.3 is 15.2 Å². The molecule has 2 N–H and O–H groups in total. The number of aromatic hydroxyl groups is 1. The summed E-state index contributed by atoms with van der Waals surface area (Å²) in [6.07, 6.45) is 0.503. The zero-order valence-electron chi connectivity index (χ0n) is 12.9. The van der Waals surface area contributed by atoms with E-state index in [-0.39, 0.29) is 11.3 Å². The van der Waals surface area contributed by atoms with Crippen molar-refractivity contribution < 1.29 is 19.0 Å². The SMILES string of the molecule is C=CCc1cc(F)cc(C(C)OC(=O)NC(C)(C)C)c1O. The van der Waals surface area contributed by atoms with Crippen molar-refractivity contribution in [3.05, 3.63) is 41.7 Å². The van der Waals surface area contributed by atoms with Gasteiger partial charge >= 0.3 is 6.09 Å². The van der Waals surface area contributed by atoms with Gasteiger partial charge in [-0.25, -0.2) is 9.18 Å². The number of nitrogens with one attached hydrogen (secondary N) is 1. The van der Waals surface area contributed by atoms with Crippen LogP contribution in [0.3, 0.4) is 0 Å². The van der Waals surface area contributed by atoms with Crippen molar-refractivity contribution in [2.24, 2.45) is 0 Å². The zero-order valence-corrected chi connectivity index (χ0v) is 12.9. The Bertz CT molecular complexity index is 535. The Morgan fingerprint density at radius 2 is 2.14 bits per heavy atom. The van der Waals surface area contributed by atoms with Crippen LogP contribution in [0.5, 0.6) is 5.75 Å². The van der Waals surface area contributed by atoms with Crippen molar-refractivity contribution >= 4 is 6.09 Å². The van der Waals surface area contributed by atoms with Crippen LogP contribution in [0.15, 0.2) is 24.8 Å². The number of hydrogen-bond acceptors (Lipinski definition) is 3. The summed E-state index contributed by atoms with van der Waals surface area (Å²) >= 11 is 0. The quantitative estimate of drug-likeness (QED) is 0.830. The van der Waals surface area contributed by atoms with Crippen LogP contribution in [0, 0.1) is 5.82 Å². The van der Waals surface area contributed by atoms with Crippen LogP contribution in [0.1, 0.15) is 44.9 Å². The number of halogens is 1. The fraction of sp³-hybridized carbons (Fsp3) is 0.438. The second kappa shape index (κ2) is 6.61.